The molecule has 96 valence electrons. The lowest BCUT2D eigenvalue weighted by Crippen LogP contribution is -2.19. The van der Waals surface area contributed by atoms with E-state index in [1.807, 2.05) is 0 Å². The summed E-state index contributed by atoms with van der Waals surface area (Å²) in [6, 6.07) is 3.67. The summed E-state index contributed by atoms with van der Waals surface area (Å²) in [7, 11) is 1.07. The van der Waals surface area contributed by atoms with Crippen molar-refractivity contribution in [1.29, 1.82) is 5.26 Å². The number of hydrogen-bond donors (Lipinski definition) is 1. The second kappa shape index (κ2) is 5.18. The van der Waals surface area contributed by atoms with Crippen LogP contribution in [0.2, 0.25) is 0 Å². The fourth-order valence-electron chi connectivity index (χ4n) is 1.15. The third-order valence-electron chi connectivity index (χ3n) is 1.88. The Labute approximate surface area is 105 Å². The predicted molar refractivity (Wildman–Crippen MR) is 56.4 cm³/mol. The second-order valence-electron chi connectivity index (χ2n) is 2.99. The third-order valence-corrected chi connectivity index (χ3v) is 2.32. The molecule has 0 aromatic heterocycles. The molecule has 0 heterocycles. The molecule has 1 rings (SSSR count). The minimum Gasteiger partial charge on any atom is -0.465 e. The fourth-order valence-corrected chi connectivity index (χ4v) is 1.48. The van der Waals surface area contributed by atoms with E-state index in [0.29, 0.717) is 0 Å². The van der Waals surface area contributed by atoms with Gasteiger partial charge in [0.25, 0.3) is 0 Å². The summed E-state index contributed by atoms with van der Waals surface area (Å²) in [6.45, 7) is 0. The molecule has 0 aliphatic rings. The molecule has 0 spiro atoms. The molecule has 4 nitrogen and oxygen atoms in total. The quantitative estimate of drug-likeness (QED) is 0.666. The van der Waals surface area contributed by atoms with Crippen LogP contribution in [-0.2, 0) is 4.74 Å². The predicted octanol–water partition coefficient (Wildman–Crippen LogP) is 2.53. The Morgan fingerprint density at radius 3 is 2.50 bits per heavy atom. The Morgan fingerprint density at radius 1 is 1.44 bits per heavy atom. The van der Waals surface area contributed by atoms with Crippen molar-refractivity contribution in [1.82, 2.24) is 0 Å². The van der Waals surface area contributed by atoms with Gasteiger partial charge in [-0.2, -0.15) is 5.26 Å². The molecule has 0 bridgehead atoms. The molecule has 0 radical (unpaired) electrons. The van der Waals surface area contributed by atoms with Gasteiger partial charge in [-0.15, -0.1) is 25.8 Å². The van der Waals surface area contributed by atoms with Crippen molar-refractivity contribution in [3.63, 3.8) is 0 Å². The largest absolute Gasteiger partial charge is 0.573 e. The highest BCUT2D eigenvalue weighted by atomic mass is 32.1. The van der Waals surface area contributed by atoms with Gasteiger partial charge in [0, 0.05) is 0 Å². The molecule has 0 fully saturated rings. The maximum absolute atomic E-state index is 12.2. The minimum absolute atomic E-state index is 0.223. The topological polar surface area (TPSA) is 59.3 Å². The van der Waals surface area contributed by atoms with Crippen LogP contribution in [0.5, 0.6) is 5.75 Å². The van der Waals surface area contributed by atoms with Crippen LogP contribution in [-0.4, -0.2) is 19.4 Å². The molecule has 0 amide bonds. The molecule has 0 atom stereocenters. The number of esters is 1. The number of hydrogen-bond acceptors (Lipinski definition) is 5. The van der Waals surface area contributed by atoms with Gasteiger partial charge in [0.15, 0.2) is 5.75 Å². The van der Waals surface area contributed by atoms with E-state index >= 15 is 0 Å². The van der Waals surface area contributed by atoms with E-state index in [1.165, 1.54) is 6.07 Å². The lowest BCUT2D eigenvalue weighted by molar-refractivity contribution is -0.275. The molecular formula is C10H6F3NO3S. The van der Waals surface area contributed by atoms with Crippen LogP contribution >= 0.6 is 12.6 Å². The van der Waals surface area contributed by atoms with Crippen molar-refractivity contribution in [3.8, 4) is 11.8 Å². The molecule has 18 heavy (non-hydrogen) atoms. The summed E-state index contributed by atoms with van der Waals surface area (Å²) in [5, 5.41) is 8.68. The first kappa shape index (κ1) is 14.2. The maximum Gasteiger partial charge on any atom is 0.573 e. The number of halogens is 3. The van der Waals surface area contributed by atoms with Crippen LogP contribution in [0.3, 0.4) is 0 Å². The van der Waals surface area contributed by atoms with E-state index in [9.17, 15) is 18.0 Å². The highest BCUT2D eigenvalue weighted by molar-refractivity contribution is 7.80. The van der Waals surface area contributed by atoms with Crippen LogP contribution in [0.15, 0.2) is 17.0 Å². The number of thiol groups is 1. The van der Waals surface area contributed by atoms with Gasteiger partial charge in [-0.05, 0) is 12.1 Å². The molecule has 1 aromatic rings. The molecule has 0 unspecified atom stereocenters. The summed E-state index contributed by atoms with van der Waals surface area (Å²) in [6.07, 6.45) is -4.99. The summed E-state index contributed by atoms with van der Waals surface area (Å²) in [5.74, 6) is -1.70. The summed E-state index contributed by atoms with van der Waals surface area (Å²) >= 11 is 3.76. The summed E-state index contributed by atoms with van der Waals surface area (Å²) in [4.78, 5) is 10.9. The Kier molecular flexibility index (Phi) is 4.08. The molecule has 1 aromatic carbocycles. The minimum atomic E-state index is -4.99. The van der Waals surface area contributed by atoms with Crippen LogP contribution < -0.4 is 4.74 Å². The lowest BCUT2D eigenvalue weighted by Gasteiger charge is -2.14. The van der Waals surface area contributed by atoms with E-state index in [1.54, 1.807) is 0 Å². The average molecular weight is 277 g/mol. The first-order valence-corrected chi connectivity index (χ1v) is 4.85. The monoisotopic (exact) mass is 277 g/mol. The molecule has 0 aliphatic carbocycles. The smallest absolute Gasteiger partial charge is 0.465 e. The first-order valence-electron chi connectivity index (χ1n) is 4.40. The number of alkyl halides is 3. The van der Waals surface area contributed by atoms with Crippen molar-refractivity contribution >= 4 is 18.6 Å². The number of carbonyl (C=O) groups excluding carboxylic acids is 1. The van der Waals surface area contributed by atoms with Crippen LogP contribution in [0.25, 0.3) is 0 Å². The zero-order valence-electron chi connectivity index (χ0n) is 8.91. The van der Waals surface area contributed by atoms with Gasteiger partial charge in [-0.3, -0.25) is 0 Å². The average Bonchev–Trinajstić information content (AvgIpc) is 2.29. The number of rotatable bonds is 2. The Morgan fingerprint density at radius 2 is 2.06 bits per heavy atom. The van der Waals surface area contributed by atoms with Gasteiger partial charge in [-0.25, -0.2) is 4.79 Å². The summed E-state index contributed by atoms with van der Waals surface area (Å²) in [5.41, 5.74) is -0.607. The maximum atomic E-state index is 12.2. The van der Waals surface area contributed by atoms with Crippen molar-refractivity contribution in [2.75, 3.05) is 7.11 Å². The van der Waals surface area contributed by atoms with Gasteiger partial charge >= 0.3 is 12.3 Å². The van der Waals surface area contributed by atoms with E-state index < -0.39 is 23.0 Å². The van der Waals surface area contributed by atoms with E-state index in [-0.39, 0.29) is 11.1 Å². The molecule has 8 heteroatoms. The van der Waals surface area contributed by atoms with Crippen molar-refractivity contribution in [2.45, 2.75) is 11.3 Å². The Balaban J connectivity index is 3.37. The van der Waals surface area contributed by atoms with Crippen molar-refractivity contribution in [2.24, 2.45) is 0 Å². The normalized spacial score (nSPS) is 10.7. The Bertz CT molecular complexity index is 522. The van der Waals surface area contributed by atoms with Crippen molar-refractivity contribution < 1.29 is 27.4 Å². The molecule has 0 saturated heterocycles. The fraction of sp³-hybridized carbons (Fsp3) is 0.200. The second-order valence-corrected chi connectivity index (χ2v) is 3.44. The zero-order valence-corrected chi connectivity index (χ0v) is 9.80. The third kappa shape index (κ3) is 3.07. The lowest BCUT2D eigenvalue weighted by atomic mass is 10.1. The molecule has 0 aliphatic heterocycles. The molecule has 0 saturated carbocycles. The number of nitrogens with zero attached hydrogens (tertiary/aromatic N) is 1. The highest BCUT2D eigenvalue weighted by Crippen LogP contribution is 2.34. The van der Waals surface area contributed by atoms with E-state index in [0.717, 1.165) is 19.2 Å². The number of nitriles is 1. The SMILES string of the molecule is COC(=O)c1ccc(C#N)c(OC(F)(F)F)c1S. The van der Waals surface area contributed by atoms with E-state index in [4.69, 9.17) is 5.26 Å². The number of carbonyl (C=O) groups is 1. The highest BCUT2D eigenvalue weighted by Gasteiger charge is 2.34. The van der Waals surface area contributed by atoms with Gasteiger partial charge in [-0.1, -0.05) is 0 Å². The van der Waals surface area contributed by atoms with Gasteiger partial charge in [0.05, 0.1) is 23.1 Å². The molecule has 0 N–H and O–H groups in total. The van der Waals surface area contributed by atoms with Crippen LogP contribution in [0.1, 0.15) is 15.9 Å². The zero-order chi connectivity index (χ0) is 13.9. The Hall–Kier alpha value is -1.88. The van der Waals surface area contributed by atoms with E-state index in [2.05, 4.69) is 22.1 Å². The van der Waals surface area contributed by atoms with Gasteiger partial charge in [0.2, 0.25) is 0 Å². The van der Waals surface area contributed by atoms with Gasteiger partial charge in [0.1, 0.15) is 6.07 Å². The number of ether oxygens (including phenoxy) is 2. The number of benzene rings is 1. The molecular weight excluding hydrogens is 271 g/mol. The van der Waals surface area contributed by atoms with Crippen LogP contribution in [0.4, 0.5) is 13.2 Å². The summed E-state index contributed by atoms with van der Waals surface area (Å²) < 4.78 is 44.6. The van der Waals surface area contributed by atoms with Gasteiger partial charge < -0.3 is 9.47 Å². The number of methoxy groups -OCH3 is 1. The standard InChI is InChI=1S/C10H6F3NO3S/c1-16-9(15)6-3-2-5(4-14)7(8(6)18)17-10(11,12)13/h2-3,18H,1H3. The van der Waals surface area contributed by atoms with Crippen molar-refractivity contribution in [3.05, 3.63) is 23.3 Å². The van der Waals surface area contributed by atoms with Crippen LogP contribution in [0, 0.1) is 11.3 Å². The first-order chi connectivity index (χ1) is 8.30.